The second-order valence-corrected chi connectivity index (χ2v) is 9.24. The van der Waals surface area contributed by atoms with Gasteiger partial charge in [-0.2, -0.15) is 0 Å². The van der Waals surface area contributed by atoms with Crippen molar-refractivity contribution in [3.05, 3.63) is 64.7 Å². The van der Waals surface area contributed by atoms with Crippen LogP contribution in [-0.4, -0.2) is 39.7 Å². The summed E-state index contributed by atoms with van der Waals surface area (Å²) in [5.74, 6) is 0.731. The molecule has 172 valence electrons. The highest BCUT2D eigenvalue weighted by atomic mass is 16.5. The number of guanidine groups is 1. The molecule has 3 aliphatic rings. The van der Waals surface area contributed by atoms with E-state index >= 15 is 0 Å². The van der Waals surface area contributed by atoms with Crippen LogP contribution in [0.5, 0.6) is 5.75 Å². The molecule has 1 saturated heterocycles. The van der Waals surface area contributed by atoms with Gasteiger partial charge in [0.15, 0.2) is 5.96 Å². The van der Waals surface area contributed by atoms with Crippen molar-refractivity contribution in [1.29, 1.82) is 5.41 Å². The molecule has 3 heterocycles. The Morgan fingerprint density at radius 1 is 1.15 bits per heavy atom. The quantitative estimate of drug-likeness (QED) is 0.744. The number of nitrogens with zero attached hydrogens (tertiary/aromatic N) is 2. The van der Waals surface area contributed by atoms with Crippen molar-refractivity contribution >= 4 is 17.8 Å². The molecular weight excluding hydrogens is 416 g/mol. The van der Waals surface area contributed by atoms with Crippen LogP contribution in [0.15, 0.2) is 42.5 Å². The second kappa shape index (κ2) is 8.21. The fraction of sp³-hybridized carbons (Fsp3) is 0.423. The van der Waals surface area contributed by atoms with E-state index in [4.69, 9.17) is 10.1 Å². The fourth-order valence-electron chi connectivity index (χ4n) is 5.30. The first-order valence-corrected chi connectivity index (χ1v) is 11.8. The zero-order valence-corrected chi connectivity index (χ0v) is 19.2. The largest absolute Gasteiger partial charge is 0.493 e. The minimum absolute atomic E-state index is 0.0347. The first kappa shape index (κ1) is 21.5. The van der Waals surface area contributed by atoms with E-state index in [0.717, 1.165) is 18.4 Å². The maximum absolute atomic E-state index is 13.3. The Kier molecular flexibility index (Phi) is 5.35. The maximum Gasteiger partial charge on any atom is 0.254 e. The Hall–Kier alpha value is -3.35. The molecule has 0 aliphatic carbocycles. The summed E-state index contributed by atoms with van der Waals surface area (Å²) in [6.45, 7) is 5.76. The van der Waals surface area contributed by atoms with Crippen LogP contribution in [0.1, 0.15) is 72.6 Å². The molecule has 0 spiro atoms. The van der Waals surface area contributed by atoms with Gasteiger partial charge in [0.05, 0.1) is 19.1 Å². The van der Waals surface area contributed by atoms with Crippen molar-refractivity contribution in [2.75, 3.05) is 6.61 Å². The summed E-state index contributed by atoms with van der Waals surface area (Å²) < 4.78 is 5.86. The molecule has 2 aromatic carbocycles. The summed E-state index contributed by atoms with van der Waals surface area (Å²) in [4.78, 5) is 30.0. The number of nitrogens with one attached hydrogen (secondary N) is 2. The molecule has 33 heavy (non-hydrogen) atoms. The Morgan fingerprint density at radius 2 is 1.85 bits per heavy atom. The van der Waals surface area contributed by atoms with Gasteiger partial charge in [-0.15, -0.1) is 0 Å². The van der Waals surface area contributed by atoms with Gasteiger partial charge in [0.25, 0.3) is 5.91 Å². The van der Waals surface area contributed by atoms with Crippen LogP contribution >= 0.6 is 0 Å². The van der Waals surface area contributed by atoms with Crippen LogP contribution < -0.4 is 10.1 Å². The van der Waals surface area contributed by atoms with E-state index in [9.17, 15) is 9.59 Å². The molecule has 7 nitrogen and oxygen atoms in total. The number of ether oxygens (including phenoxy) is 1. The van der Waals surface area contributed by atoms with Gasteiger partial charge >= 0.3 is 0 Å². The van der Waals surface area contributed by atoms with Gasteiger partial charge in [-0.05, 0) is 42.2 Å². The van der Waals surface area contributed by atoms with Gasteiger partial charge in [-0.1, -0.05) is 38.1 Å². The van der Waals surface area contributed by atoms with Crippen molar-refractivity contribution in [1.82, 2.24) is 15.1 Å². The third-order valence-electron chi connectivity index (χ3n) is 7.44. The number of benzene rings is 2. The number of hydrogen-bond acceptors (Lipinski definition) is 4. The molecule has 7 heteroatoms. The average molecular weight is 447 g/mol. The first-order valence-electron chi connectivity index (χ1n) is 11.8. The van der Waals surface area contributed by atoms with Crippen molar-refractivity contribution in [2.45, 2.75) is 64.2 Å². The Bertz CT molecular complexity index is 1080. The highest BCUT2D eigenvalue weighted by Crippen LogP contribution is 2.39. The van der Waals surface area contributed by atoms with E-state index in [0.29, 0.717) is 43.9 Å². The molecule has 0 saturated carbocycles. The molecule has 1 fully saturated rings. The zero-order valence-electron chi connectivity index (χ0n) is 19.2. The van der Waals surface area contributed by atoms with Crippen molar-refractivity contribution in [2.24, 2.45) is 0 Å². The summed E-state index contributed by atoms with van der Waals surface area (Å²) in [6.07, 6.45) is 2.51. The minimum Gasteiger partial charge on any atom is -0.493 e. The molecule has 0 unspecified atom stereocenters. The van der Waals surface area contributed by atoms with E-state index in [1.807, 2.05) is 43.0 Å². The molecule has 0 aromatic heterocycles. The third-order valence-corrected chi connectivity index (χ3v) is 7.44. The highest BCUT2D eigenvalue weighted by Gasteiger charge is 2.43. The number of amides is 2. The lowest BCUT2D eigenvalue weighted by atomic mass is 9.85. The molecule has 0 bridgehead atoms. The molecule has 3 aliphatic heterocycles. The summed E-state index contributed by atoms with van der Waals surface area (Å²) >= 11 is 0. The lowest BCUT2D eigenvalue weighted by Gasteiger charge is -2.45. The minimum atomic E-state index is -0.360. The van der Waals surface area contributed by atoms with E-state index < -0.39 is 0 Å². The van der Waals surface area contributed by atoms with Crippen LogP contribution in [0.2, 0.25) is 0 Å². The second-order valence-electron chi connectivity index (χ2n) is 9.24. The van der Waals surface area contributed by atoms with Crippen LogP contribution in [0.3, 0.4) is 0 Å². The molecule has 2 aromatic rings. The van der Waals surface area contributed by atoms with Crippen LogP contribution in [0, 0.1) is 5.41 Å². The smallest absolute Gasteiger partial charge is 0.254 e. The van der Waals surface area contributed by atoms with Gasteiger partial charge in [0, 0.05) is 36.2 Å². The topological polar surface area (TPSA) is 85.7 Å². The summed E-state index contributed by atoms with van der Waals surface area (Å²) in [5.41, 5.74) is 3.38. The number of carbonyl (C=O) groups excluding carboxylic acids is 2. The van der Waals surface area contributed by atoms with Gasteiger partial charge < -0.3 is 15.0 Å². The van der Waals surface area contributed by atoms with Gasteiger partial charge in [-0.3, -0.25) is 19.9 Å². The number of fused-ring (bicyclic) bond motifs is 2. The van der Waals surface area contributed by atoms with E-state index in [-0.39, 0.29) is 29.4 Å². The lowest BCUT2D eigenvalue weighted by Crippen LogP contribution is -2.62. The summed E-state index contributed by atoms with van der Waals surface area (Å²) in [7, 11) is 0. The van der Waals surface area contributed by atoms with E-state index in [1.54, 1.807) is 11.0 Å². The van der Waals surface area contributed by atoms with Crippen molar-refractivity contribution < 1.29 is 14.3 Å². The Labute approximate surface area is 194 Å². The third kappa shape index (κ3) is 3.65. The Balaban J connectivity index is 1.42. The fourth-order valence-corrected chi connectivity index (χ4v) is 5.30. The molecule has 1 atom stereocenters. The molecular formula is C26H30N4O3. The molecule has 0 radical (unpaired) electrons. The van der Waals surface area contributed by atoms with Crippen molar-refractivity contribution in [3.8, 4) is 5.75 Å². The predicted molar refractivity (Wildman–Crippen MR) is 125 cm³/mol. The monoisotopic (exact) mass is 446 g/mol. The molecule has 5 rings (SSSR count). The molecule has 2 amide bonds. The molecule has 2 N–H and O–H groups in total. The summed E-state index contributed by atoms with van der Waals surface area (Å²) in [6, 6.07) is 13.3. The number of hydrogen-bond donors (Lipinski definition) is 2. The SMILES string of the molecule is CCC1(CC)CC(=O)N([C@@H]2CCOc3ccc(C(=O)N4Cc5ccccc5C4)cc32)C(=N)N1. The highest BCUT2D eigenvalue weighted by molar-refractivity contribution is 6.00. The maximum atomic E-state index is 13.3. The summed E-state index contributed by atoms with van der Waals surface area (Å²) in [5, 5.41) is 11.9. The van der Waals surface area contributed by atoms with Crippen molar-refractivity contribution in [3.63, 3.8) is 0 Å². The van der Waals surface area contributed by atoms with E-state index in [1.165, 1.54) is 11.1 Å². The zero-order chi connectivity index (χ0) is 23.2. The standard InChI is InChI=1S/C26H30N4O3/c1-3-26(4-2)14-23(31)30(25(27)28-26)21-11-12-33-22-10-9-17(13-20(21)22)24(32)29-15-18-7-5-6-8-19(18)16-29/h5-10,13,21H,3-4,11-12,14-16H2,1-2H3,(H2,27,28)/t21-/m1/s1. The van der Waals surface area contributed by atoms with Crippen LogP contribution in [0.25, 0.3) is 0 Å². The van der Waals surface area contributed by atoms with E-state index in [2.05, 4.69) is 17.4 Å². The van der Waals surface area contributed by atoms with Gasteiger partial charge in [-0.25, -0.2) is 0 Å². The van der Waals surface area contributed by atoms with Crippen LogP contribution in [0.4, 0.5) is 0 Å². The normalized spacial score (nSPS) is 21.2. The lowest BCUT2D eigenvalue weighted by molar-refractivity contribution is -0.133. The van der Waals surface area contributed by atoms with Gasteiger partial charge in [0.2, 0.25) is 5.91 Å². The predicted octanol–water partition coefficient (Wildman–Crippen LogP) is 3.98. The number of rotatable bonds is 4. The number of carbonyl (C=O) groups is 2. The average Bonchev–Trinajstić information content (AvgIpc) is 3.27. The Morgan fingerprint density at radius 3 is 2.48 bits per heavy atom. The van der Waals surface area contributed by atoms with Crippen LogP contribution in [-0.2, 0) is 17.9 Å². The first-order chi connectivity index (χ1) is 15.9. The van der Waals surface area contributed by atoms with Gasteiger partial charge in [0.1, 0.15) is 5.75 Å².